The van der Waals surface area contributed by atoms with Gasteiger partial charge in [-0.15, -0.1) is 0 Å². The third kappa shape index (κ3) is 5.19. The molecule has 1 aliphatic rings. The number of nitrogens with two attached hydrogens (primary N) is 1. The van der Waals surface area contributed by atoms with E-state index in [4.69, 9.17) is 19.9 Å². The minimum atomic E-state index is 0.111. The van der Waals surface area contributed by atoms with E-state index < -0.39 is 0 Å². The summed E-state index contributed by atoms with van der Waals surface area (Å²) in [5.74, 6) is 1.68. The maximum Gasteiger partial charge on any atom is 0.126 e. The van der Waals surface area contributed by atoms with Gasteiger partial charge >= 0.3 is 0 Å². The number of hydrogen-bond acceptors (Lipinski definition) is 5. The number of benzene rings is 1. The normalized spacial score (nSPS) is 17.5. The molecule has 1 unspecified atom stereocenters. The fourth-order valence-electron chi connectivity index (χ4n) is 2.42. The maximum atomic E-state index is 5.97. The van der Waals surface area contributed by atoms with Crippen molar-refractivity contribution in [3.63, 3.8) is 0 Å². The lowest BCUT2D eigenvalue weighted by Crippen LogP contribution is -2.38. The Morgan fingerprint density at radius 1 is 1.33 bits per heavy atom. The van der Waals surface area contributed by atoms with Crippen LogP contribution in [-0.2, 0) is 11.2 Å². The Balaban J connectivity index is 1.92. The Morgan fingerprint density at radius 3 is 2.76 bits per heavy atom. The summed E-state index contributed by atoms with van der Waals surface area (Å²) in [6, 6.07) is 6.04. The summed E-state index contributed by atoms with van der Waals surface area (Å²) >= 11 is 0. The highest BCUT2D eigenvalue weighted by Gasteiger charge is 2.12. The molecule has 0 amide bonds. The van der Waals surface area contributed by atoms with Crippen molar-refractivity contribution in [1.82, 2.24) is 4.90 Å². The molecule has 1 aromatic rings. The first-order chi connectivity index (χ1) is 10.2. The van der Waals surface area contributed by atoms with Crippen LogP contribution in [0.5, 0.6) is 11.5 Å². The van der Waals surface area contributed by atoms with Crippen LogP contribution < -0.4 is 15.2 Å². The van der Waals surface area contributed by atoms with E-state index in [1.165, 1.54) is 0 Å². The zero-order valence-corrected chi connectivity index (χ0v) is 13.0. The van der Waals surface area contributed by atoms with Crippen molar-refractivity contribution >= 4 is 0 Å². The second kappa shape index (κ2) is 8.22. The van der Waals surface area contributed by atoms with Gasteiger partial charge in [0.1, 0.15) is 18.1 Å². The number of hydrogen-bond donors (Lipinski definition) is 1. The molecule has 1 atom stereocenters. The van der Waals surface area contributed by atoms with Crippen LogP contribution in [0.1, 0.15) is 12.5 Å². The van der Waals surface area contributed by atoms with Crippen molar-refractivity contribution in [3.05, 3.63) is 23.8 Å². The van der Waals surface area contributed by atoms with Gasteiger partial charge in [0.25, 0.3) is 0 Å². The minimum absolute atomic E-state index is 0.111. The van der Waals surface area contributed by atoms with Gasteiger partial charge in [-0.25, -0.2) is 0 Å². The zero-order valence-electron chi connectivity index (χ0n) is 13.0. The van der Waals surface area contributed by atoms with Gasteiger partial charge in [0.2, 0.25) is 0 Å². The first-order valence-electron chi connectivity index (χ1n) is 7.54. The molecule has 1 heterocycles. The summed E-state index contributed by atoms with van der Waals surface area (Å²) in [5.41, 5.74) is 7.03. The molecule has 1 fully saturated rings. The smallest absolute Gasteiger partial charge is 0.126 e. The van der Waals surface area contributed by atoms with Gasteiger partial charge < -0.3 is 19.9 Å². The second-order valence-electron chi connectivity index (χ2n) is 5.46. The van der Waals surface area contributed by atoms with Crippen LogP contribution in [0.2, 0.25) is 0 Å². The lowest BCUT2D eigenvalue weighted by Gasteiger charge is -2.26. The molecule has 0 spiro atoms. The van der Waals surface area contributed by atoms with E-state index in [-0.39, 0.29) is 6.04 Å². The van der Waals surface area contributed by atoms with E-state index in [0.29, 0.717) is 6.61 Å². The van der Waals surface area contributed by atoms with E-state index in [0.717, 1.165) is 56.3 Å². The van der Waals surface area contributed by atoms with Crippen molar-refractivity contribution < 1.29 is 14.2 Å². The van der Waals surface area contributed by atoms with Gasteiger partial charge in [0, 0.05) is 31.7 Å². The quantitative estimate of drug-likeness (QED) is 0.821. The average molecular weight is 294 g/mol. The summed E-state index contributed by atoms with van der Waals surface area (Å²) < 4.78 is 16.6. The third-order valence-electron chi connectivity index (χ3n) is 3.59. The van der Waals surface area contributed by atoms with Crippen molar-refractivity contribution in [2.24, 2.45) is 5.73 Å². The molecule has 1 aromatic carbocycles. The number of ether oxygens (including phenoxy) is 3. The zero-order chi connectivity index (χ0) is 15.1. The molecule has 21 heavy (non-hydrogen) atoms. The monoisotopic (exact) mass is 294 g/mol. The van der Waals surface area contributed by atoms with Gasteiger partial charge in [0.05, 0.1) is 20.3 Å². The summed E-state index contributed by atoms with van der Waals surface area (Å²) in [5, 5.41) is 0. The van der Waals surface area contributed by atoms with Crippen molar-refractivity contribution in [2.75, 3.05) is 46.6 Å². The van der Waals surface area contributed by atoms with E-state index >= 15 is 0 Å². The van der Waals surface area contributed by atoms with Crippen LogP contribution in [0.15, 0.2) is 18.2 Å². The highest BCUT2D eigenvalue weighted by molar-refractivity contribution is 5.41. The fraction of sp³-hybridized carbons (Fsp3) is 0.625. The Labute approximate surface area is 127 Å². The van der Waals surface area contributed by atoms with Gasteiger partial charge in [-0.2, -0.15) is 0 Å². The van der Waals surface area contributed by atoms with Gasteiger partial charge in [-0.3, -0.25) is 4.90 Å². The molecule has 0 aromatic heterocycles. The first-order valence-corrected chi connectivity index (χ1v) is 7.54. The molecule has 1 aliphatic heterocycles. The predicted octanol–water partition coefficient (Wildman–Crippen LogP) is 1.30. The number of morpholine rings is 1. The molecule has 0 radical (unpaired) electrons. The summed E-state index contributed by atoms with van der Waals surface area (Å²) in [6.45, 7) is 7.17. The average Bonchev–Trinajstić information content (AvgIpc) is 2.49. The van der Waals surface area contributed by atoms with Crippen molar-refractivity contribution in [3.8, 4) is 11.5 Å². The Kier molecular flexibility index (Phi) is 6.29. The molecule has 118 valence electrons. The molecule has 5 nitrogen and oxygen atoms in total. The molecule has 2 rings (SSSR count). The van der Waals surface area contributed by atoms with Crippen LogP contribution in [-0.4, -0.2) is 57.5 Å². The van der Waals surface area contributed by atoms with Crippen LogP contribution in [0.25, 0.3) is 0 Å². The lowest BCUT2D eigenvalue weighted by atomic mass is 10.1. The molecule has 5 heteroatoms. The van der Waals surface area contributed by atoms with E-state index in [1.807, 2.05) is 25.1 Å². The lowest BCUT2D eigenvalue weighted by molar-refractivity contribution is 0.0322. The molecule has 0 aliphatic carbocycles. The standard InChI is InChI=1S/C16H26N2O3/c1-13(17)11-14-3-4-15(19-2)12-16(14)21-10-7-18-5-8-20-9-6-18/h3-4,12-13H,5-11,17H2,1-2H3. The summed E-state index contributed by atoms with van der Waals surface area (Å²) in [4.78, 5) is 2.36. The van der Waals surface area contributed by atoms with Crippen LogP contribution in [0, 0.1) is 0 Å². The highest BCUT2D eigenvalue weighted by Crippen LogP contribution is 2.25. The van der Waals surface area contributed by atoms with Gasteiger partial charge in [-0.05, 0) is 25.0 Å². The second-order valence-corrected chi connectivity index (χ2v) is 5.46. The number of nitrogens with zero attached hydrogens (tertiary/aromatic N) is 1. The van der Waals surface area contributed by atoms with E-state index in [2.05, 4.69) is 4.90 Å². The third-order valence-corrected chi connectivity index (χ3v) is 3.59. The van der Waals surface area contributed by atoms with Crippen LogP contribution in [0.3, 0.4) is 0 Å². The number of methoxy groups -OCH3 is 1. The van der Waals surface area contributed by atoms with Crippen molar-refractivity contribution in [2.45, 2.75) is 19.4 Å². The fourth-order valence-corrected chi connectivity index (χ4v) is 2.42. The molecule has 2 N–H and O–H groups in total. The first kappa shape index (κ1) is 16.1. The van der Waals surface area contributed by atoms with Gasteiger partial charge in [-0.1, -0.05) is 6.07 Å². The molecular weight excluding hydrogens is 268 g/mol. The van der Waals surface area contributed by atoms with E-state index in [9.17, 15) is 0 Å². The predicted molar refractivity (Wildman–Crippen MR) is 83.1 cm³/mol. The molecular formula is C16H26N2O3. The molecule has 0 bridgehead atoms. The highest BCUT2D eigenvalue weighted by atomic mass is 16.5. The minimum Gasteiger partial charge on any atom is -0.497 e. The topological polar surface area (TPSA) is 57.0 Å². The molecule has 0 saturated carbocycles. The van der Waals surface area contributed by atoms with E-state index in [1.54, 1.807) is 7.11 Å². The van der Waals surface area contributed by atoms with Crippen molar-refractivity contribution in [1.29, 1.82) is 0 Å². The summed E-state index contributed by atoms with van der Waals surface area (Å²) in [7, 11) is 1.66. The number of rotatable bonds is 7. The summed E-state index contributed by atoms with van der Waals surface area (Å²) in [6.07, 6.45) is 0.802. The van der Waals surface area contributed by atoms with Crippen LogP contribution >= 0.6 is 0 Å². The Morgan fingerprint density at radius 2 is 2.10 bits per heavy atom. The molecule has 1 saturated heterocycles. The SMILES string of the molecule is COc1ccc(CC(C)N)c(OCCN2CCOCC2)c1. The Hall–Kier alpha value is -1.30. The largest absolute Gasteiger partial charge is 0.497 e. The Bertz CT molecular complexity index is 432. The maximum absolute atomic E-state index is 5.97. The van der Waals surface area contributed by atoms with Crippen LogP contribution in [0.4, 0.5) is 0 Å². The van der Waals surface area contributed by atoms with Gasteiger partial charge in [0.15, 0.2) is 0 Å².